The van der Waals surface area contributed by atoms with E-state index in [1.54, 1.807) is 11.3 Å². The molecule has 0 saturated heterocycles. The van der Waals surface area contributed by atoms with Crippen LogP contribution in [-0.2, 0) is 0 Å². The molecule has 0 aliphatic heterocycles. The number of nitrogens with one attached hydrogen (secondary N) is 3. The maximum atomic E-state index is 12.6. The van der Waals surface area contributed by atoms with Crippen molar-refractivity contribution in [2.75, 3.05) is 5.32 Å². The van der Waals surface area contributed by atoms with Crippen LogP contribution in [0, 0.1) is 5.41 Å². The van der Waals surface area contributed by atoms with Gasteiger partial charge in [0.05, 0.1) is 6.04 Å². The van der Waals surface area contributed by atoms with E-state index in [-0.39, 0.29) is 17.5 Å². The quantitative estimate of drug-likeness (QED) is 0.547. The molecule has 0 bridgehead atoms. The minimum absolute atomic E-state index is 0.0547. The fourth-order valence-electron chi connectivity index (χ4n) is 3.11. The van der Waals surface area contributed by atoms with E-state index in [1.807, 2.05) is 35.7 Å². The Kier molecular flexibility index (Phi) is 4.93. The molecule has 1 aliphatic carbocycles. The number of nitrogens with zero attached hydrogens (tertiary/aromatic N) is 2. The molecule has 1 unspecified atom stereocenters. The zero-order valence-electron chi connectivity index (χ0n) is 16.3. The summed E-state index contributed by atoms with van der Waals surface area (Å²) in [5.41, 5.74) is 1.58. The number of aromatic amines is 1. The molecule has 1 aliphatic rings. The third-order valence-corrected chi connectivity index (χ3v) is 5.77. The van der Waals surface area contributed by atoms with Crippen LogP contribution in [0.5, 0.6) is 0 Å². The first-order chi connectivity index (χ1) is 13.4. The standard InChI is InChI=1S/C21H25N5OS/c1-21(2,3)17(16-5-4-12-28-16)23-20(27)22-15-10-8-14(9-11-15)19-24-18(25-26-19)13-6-7-13/h4-5,8-13,17H,6-7H2,1-3H3,(H2,22,23,27)(H,24,25,26). The molecule has 2 heterocycles. The molecule has 4 rings (SSSR count). The van der Waals surface area contributed by atoms with Crippen LogP contribution in [0.3, 0.4) is 0 Å². The number of benzene rings is 1. The molecule has 1 fully saturated rings. The molecule has 1 aromatic carbocycles. The summed E-state index contributed by atoms with van der Waals surface area (Å²) in [7, 11) is 0. The number of carbonyl (C=O) groups is 1. The Hall–Kier alpha value is -2.67. The molecular formula is C21H25N5OS. The average Bonchev–Trinajstić information content (AvgIpc) is 3.16. The van der Waals surface area contributed by atoms with Gasteiger partial charge in [-0.2, -0.15) is 5.10 Å². The summed E-state index contributed by atoms with van der Waals surface area (Å²) >= 11 is 1.65. The summed E-state index contributed by atoms with van der Waals surface area (Å²) in [6.07, 6.45) is 2.38. The van der Waals surface area contributed by atoms with Gasteiger partial charge in [0.25, 0.3) is 0 Å². The van der Waals surface area contributed by atoms with E-state index >= 15 is 0 Å². The van der Waals surface area contributed by atoms with Crippen LogP contribution in [0.25, 0.3) is 11.4 Å². The molecule has 2 amide bonds. The lowest BCUT2D eigenvalue weighted by molar-refractivity contribution is 0.230. The van der Waals surface area contributed by atoms with Crippen molar-refractivity contribution in [3.63, 3.8) is 0 Å². The molecule has 3 N–H and O–H groups in total. The van der Waals surface area contributed by atoms with Gasteiger partial charge < -0.3 is 10.6 Å². The van der Waals surface area contributed by atoms with E-state index in [1.165, 1.54) is 12.8 Å². The van der Waals surface area contributed by atoms with E-state index in [2.05, 4.69) is 52.7 Å². The van der Waals surface area contributed by atoms with Crippen LogP contribution in [0.15, 0.2) is 41.8 Å². The Balaban J connectivity index is 1.41. The Bertz CT molecular complexity index is 936. The van der Waals surface area contributed by atoms with Crippen molar-refractivity contribution in [3.05, 3.63) is 52.5 Å². The highest BCUT2D eigenvalue weighted by Crippen LogP contribution is 2.38. The van der Waals surface area contributed by atoms with Crippen molar-refractivity contribution in [3.8, 4) is 11.4 Å². The van der Waals surface area contributed by atoms with E-state index in [4.69, 9.17) is 0 Å². The van der Waals surface area contributed by atoms with Gasteiger partial charge in [-0.15, -0.1) is 11.3 Å². The number of urea groups is 1. The van der Waals surface area contributed by atoms with Gasteiger partial charge in [-0.1, -0.05) is 26.8 Å². The maximum absolute atomic E-state index is 12.6. The topological polar surface area (TPSA) is 82.7 Å². The zero-order valence-corrected chi connectivity index (χ0v) is 17.1. The third-order valence-electron chi connectivity index (χ3n) is 4.84. The number of carbonyl (C=O) groups excluding carboxylic acids is 1. The highest BCUT2D eigenvalue weighted by Gasteiger charge is 2.29. The van der Waals surface area contributed by atoms with Crippen LogP contribution < -0.4 is 10.6 Å². The van der Waals surface area contributed by atoms with E-state index in [9.17, 15) is 4.79 Å². The molecule has 2 aromatic heterocycles. The average molecular weight is 396 g/mol. The normalized spacial score (nSPS) is 15.2. The van der Waals surface area contributed by atoms with Gasteiger partial charge in [-0.25, -0.2) is 9.78 Å². The van der Waals surface area contributed by atoms with E-state index in [0.717, 1.165) is 22.0 Å². The number of hydrogen-bond donors (Lipinski definition) is 3. The zero-order chi connectivity index (χ0) is 19.7. The Morgan fingerprint density at radius 1 is 1.21 bits per heavy atom. The lowest BCUT2D eigenvalue weighted by Crippen LogP contribution is -2.38. The van der Waals surface area contributed by atoms with Gasteiger partial charge in [0, 0.05) is 22.0 Å². The van der Waals surface area contributed by atoms with Crippen molar-refractivity contribution < 1.29 is 4.79 Å². The highest BCUT2D eigenvalue weighted by atomic mass is 32.1. The summed E-state index contributed by atoms with van der Waals surface area (Å²) in [6.45, 7) is 6.37. The predicted octanol–water partition coefficient (Wildman–Crippen LogP) is 5.32. The number of thiophene rings is 1. The summed E-state index contributed by atoms with van der Waals surface area (Å²) in [4.78, 5) is 18.3. The van der Waals surface area contributed by atoms with Gasteiger partial charge in [0.15, 0.2) is 5.82 Å². The van der Waals surface area contributed by atoms with Crippen molar-refractivity contribution in [1.29, 1.82) is 0 Å². The van der Waals surface area contributed by atoms with Crippen LogP contribution in [0.2, 0.25) is 0 Å². The van der Waals surface area contributed by atoms with Crippen LogP contribution in [0.4, 0.5) is 10.5 Å². The Labute approximate surface area is 168 Å². The minimum Gasteiger partial charge on any atom is -0.330 e. The van der Waals surface area contributed by atoms with Crippen molar-refractivity contribution in [2.45, 2.75) is 45.6 Å². The second-order valence-electron chi connectivity index (χ2n) is 8.31. The summed E-state index contributed by atoms with van der Waals surface area (Å²) in [5, 5.41) is 15.4. The maximum Gasteiger partial charge on any atom is 0.319 e. The molecule has 3 aromatic rings. The second-order valence-corrected chi connectivity index (χ2v) is 9.29. The van der Waals surface area contributed by atoms with Crippen molar-refractivity contribution in [1.82, 2.24) is 20.5 Å². The first-order valence-corrected chi connectivity index (χ1v) is 10.4. The molecule has 0 spiro atoms. The molecule has 1 saturated carbocycles. The predicted molar refractivity (Wildman–Crippen MR) is 112 cm³/mol. The molecule has 146 valence electrons. The molecule has 0 radical (unpaired) electrons. The summed E-state index contributed by atoms with van der Waals surface area (Å²) < 4.78 is 0. The van der Waals surface area contributed by atoms with Gasteiger partial charge in [0.1, 0.15) is 5.82 Å². The molecular weight excluding hydrogens is 370 g/mol. The van der Waals surface area contributed by atoms with Gasteiger partial charge in [0.2, 0.25) is 0 Å². The fourth-order valence-corrected chi connectivity index (χ4v) is 4.13. The van der Waals surface area contributed by atoms with Gasteiger partial charge in [-0.05, 0) is 54.0 Å². The Morgan fingerprint density at radius 3 is 2.57 bits per heavy atom. The number of hydrogen-bond acceptors (Lipinski definition) is 4. The number of H-pyrrole nitrogens is 1. The smallest absolute Gasteiger partial charge is 0.319 e. The Morgan fingerprint density at radius 2 is 1.96 bits per heavy atom. The molecule has 7 heteroatoms. The number of anilines is 1. The minimum atomic E-state index is -0.213. The summed E-state index contributed by atoms with van der Waals surface area (Å²) in [6, 6.07) is 11.4. The van der Waals surface area contributed by atoms with Crippen LogP contribution >= 0.6 is 11.3 Å². The third kappa shape index (κ3) is 4.25. The van der Waals surface area contributed by atoms with E-state index in [0.29, 0.717) is 11.7 Å². The molecule has 6 nitrogen and oxygen atoms in total. The van der Waals surface area contributed by atoms with Crippen molar-refractivity contribution in [2.24, 2.45) is 5.41 Å². The number of rotatable bonds is 5. The fraction of sp³-hybridized carbons (Fsp3) is 0.381. The van der Waals surface area contributed by atoms with Crippen molar-refractivity contribution >= 4 is 23.1 Å². The van der Waals surface area contributed by atoms with Crippen LogP contribution in [0.1, 0.15) is 56.3 Å². The lowest BCUT2D eigenvalue weighted by Gasteiger charge is -2.30. The number of aromatic nitrogens is 3. The molecule has 28 heavy (non-hydrogen) atoms. The second kappa shape index (κ2) is 7.39. The number of amides is 2. The first-order valence-electron chi connectivity index (χ1n) is 9.54. The molecule has 1 atom stereocenters. The SMILES string of the molecule is CC(C)(C)C(NC(=O)Nc1ccc(-c2n[nH]c(C3CC3)n2)cc1)c1cccs1. The van der Waals surface area contributed by atoms with E-state index < -0.39 is 0 Å². The van der Waals surface area contributed by atoms with Gasteiger partial charge >= 0.3 is 6.03 Å². The summed E-state index contributed by atoms with van der Waals surface area (Å²) in [5.74, 6) is 2.21. The van der Waals surface area contributed by atoms with Gasteiger partial charge in [-0.3, -0.25) is 5.10 Å². The first kappa shape index (κ1) is 18.7. The highest BCUT2D eigenvalue weighted by molar-refractivity contribution is 7.10. The monoisotopic (exact) mass is 395 g/mol. The lowest BCUT2D eigenvalue weighted by atomic mass is 9.86. The largest absolute Gasteiger partial charge is 0.330 e. The van der Waals surface area contributed by atoms with Crippen LogP contribution in [-0.4, -0.2) is 21.2 Å².